The Hall–Kier alpha value is -4.53. The van der Waals surface area contributed by atoms with Crippen LogP contribution in [0, 0.1) is 23.2 Å². The molecule has 0 fully saturated rings. The van der Waals surface area contributed by atoms with Gasteiger partial charge in [-0.05, 0) is 112 Å². The van der Waals surface area contributed by atoms with E-state index in [1.807, 2.05) is 0 Å². The maximum Gasteiger partial charge on any atom is 0.0496 e. The fourth-order valence-electron chi connectivity index (χ4n) is 10.4. The van der Waals surface area contributed by atoms with E-state index in [0.29, 0.717) is 17.8 Å². The predicted octanol–water partition coefficient (Wildman–Crippen LogP) is 13.4. The zero-order chi connectivity index (χ0) is 35.2. The minimum atomic E-state index is -0.0447. The Morgan fingerprint density at radius 2 is 1.54 bits per heavy atom. The molecule has 0 N–H and O–H groups in total. The lowest BCUT2D eigenvalue weighted by atomic mass is 9.67. The van der Waals surface area contributed by atoms with E-state index >= 15 is 0 Å². The monoisotopic (exact) mass is 693 g/mol. The lowest BCUT2D eigenvalue weighted by Crippen LogP contribution is -2.35. The second kappa shape index (κ2) is 12.0. The van der Waals surface area contributed by atoms with Crippen molar-refractivity contribution in [2.75, 3.05) is 4.90 Å². The van der Waals surface area contributed by atoms with E-state index in [0.717, 1.165) is 32.1 Å². The van der Waals surface area contributed by atoms with Crippen molar-refractivity contribution in [3.8, 4) is 11.1 Å². The molecule has 6 aliphatic carbocycles. The Labute approximate surface area is 314 Å². The van der Waals surface area contributed by atoms with Crippen LogP contribution in [-0.2, 0) is 5.41 Å². The predicted molar refractivity (Wildman–Crippen MR) is 220 cm³/mol. The molecule has 0 radical (unpaired) electrons. The summed E-state index contributed by atoms with van der Waals surface area (Å²) in [5.41, 5.74) is 17.4. The van der Waals surface area contributed by atoms with E-state index in [-0.39, 0.29) is 10.8 Å². The number of hydrogen-bond acceptors (Lipinski definition) is 2. The fraction of sp³-hybridized carbons (Fsp3) is 0.280. The summed E-state index contributed by atoms with van der Waals surface area (Å²) in [6.45, 7) is 9.93. The number of allylic oxidation sites excluding steroid dienone is 17. The second-order valence-electron chi connectivity index (χ2n) is 16.7. The third kappa shape index (κ3) is 4.83. The van der Waals surface area contributed by atoms with Crippen LogP contribution >= 0.6 is 11.8 Å². The minimum absolute atomic E-state index is 0.0447. The molecule has 52 heavy (non-hydrogen) atoms. The average Bonchev–Trinajstić information content (AvgIpc) is 3.41. The number of benzene rings is 3. The molecule has 3 atom stereocenters. The summed E-state index contributed by atoms with van der Waals surface area (Å²) in [5.74, 6) is 1.34. The van der Waals surface area contributed by atoms with Gasteiger partial charge in [-0.3, -0.25) is 0 Å². The Morgan fingerprint density at radius 3 is 2.38 bits per heavy atom. The van der Waals surface area contributed by atoms with Gasteiger partial charge in [-0.1, -0.05) is 148 Å². The number of nitrogens with zero attached hydrogens (tertiary/aromatic N) is 1. The summed E-state index contributed by atoms with van der Waals surface area (Å²) in [6.07, 6.45) is 27.5. The van der Waals surface area contributed by atoms with Crippen LogP contribution in [-0.4, -0.2) is 0 Å². The van der Waals surface area contributed by atoms with Gasteiger partial charge in [0, 0.05) is 50.1 Å². The highest BCUT2D eigenvalue weighted by atomic mass is 32.2. The maximum absolute atomic E-state index is 2.65. The number of thioether (sulfide) groups is 1. The Morgan fingerprint density at radius 1 is 0.750 bits per heavy atom. The van der Waals surface area contributed by atoms with E-state index in [4.69, 9.17) is 0 Å². The minimum Gasteiger partial charge on any atom is -0.314 e. The highest BCUT2D eigenvalue weighted by Crippen LogP contribution is 2.64. The van der Waals surface area contributed by atoms with Crippen molar-refractivity contribution < 1.29 is 0 Å². The Balaban J connectivity index is 1.14. The average molecular weight is 694 g/mol. The maximum atomic E-state index is 2.65. The van der Waals surface area contributed by atoms with Crippen molar-refractivity contribution in [3.05, 3.63) is 189 Å². The lowest BCUT2D eigenvalue weighted by molar-refractivity contribution is 0.361. The molecule has 258 valence electrons. The summed E-state index contributed by atoms with van der Waals surface area (Å²) in [7, 11) is 0. The SMILES string of the molecule is CC1(C)C2=CCC3C(=C2C2=C1C=C(N(C1=C4C=CC=CC4C4C=CCCC4=C1)c1ccc(-c4ccccc4)cc1)CC2)Sc1ccccc1C3(C)C. The zero-order valence-corrected chi connectivity index (χ0v) is 31.6. The van der Waals surface area contributed by atoms with Crippen LogP contribution in [0.4, 0.5) is 5.69 Å². The van der Waals surface area contributed by atoms with Gasteiger partial charge in [-0.15, -0.1) is 0 Å². The number of rotatable bonds is 4. The molecule has 7 aliphatic rings. The first-order valence-electron chi connectivity index (χ1n) is 19.4. The molecule has 0 aromatic heterocycles. The van der Waals surface area contributed by atoms with Gasteiger partial charge in [0.15, 0.2) is 0 Å². The van der Waals surface area contributed by atoms with Crippen LogP contribution in [0.1, 0.15) is 65.4 Å². The molecule has 1 nitrogen and oxygen atoms in total. The molecule has 0 spiro atoms. The van der Waals surface area contributed by atoms with Crippen molar-refractivity contribution >= 4 is 17.4 Å². The molecule has 2 heteroatoms. The number of hydrogen-bond donors (Lipinski definition) is 0. The van der Waals surface area contributed by atoms with E-state index in [2.05, 4.69) is 178 Å². The van der Waals surface area contributed by atoms with Crippen molar-refractivity contribution in [1.82, 2.24) is 0 Å². The number of anilines is 1. The van der Waals surface area contributed by atoms with Crippen molar-refractivity contribution in [1.29, 1.82) is 0 Å². The first kappa shape index (κ1) is 32.1. The molecule has 10 rings (SSSR count). The zero-order valence-electron chi connectivity index (χ0n) is 30.8. The fourth-order valence-corrected chi connectivity index (χ4v) is 12.1. The molecule has 0 saturated carbocycles. The molecule has 3 aromatic carbocycles. The van der Waals surface area contributed by atoms with Crippen LogP contribution < -0.4 is 4.90 Å². The largest absolute Gasteiger partial charge is 0.314 e. The topological polar surface area (TPSA) is 3.24 Å². The third-order valence-electron chi connectivity index (χ3n) is 13.2. The highest BCUT2D eigenvalue weighted by Gasteiger charge is 2.49. The van der Waals surface area contributed by atoms with Crippen LogP contribution in [0.15, 0.2) is 188 Å². The molecule has 3 unspecified atom stereocenters. The van der Waals surface area contributed by atoms with E-state index < -0.39 is 0 Å². The van der Waals surface area contributed by atoms with Gasteiger partial charge in [-0.25, -0.2) is 0 Å². The normalized spacial score (nSPS) is 26.0. The lowest BCUT2D eigenvalue weighted by Gasteiger charge is -2.44. The summed E-state index contributed by atoms with van der Waals surface area (Å²) in [4.78, 5) is 5.70. The Kier molecular flexibility index (Phi) is 7.42. The number of fused-ring (bicyclic) bond motifs is 7. The molecule has 0 bridgehead atoms. The smallest absolute Gasteiger partial charge is 0.0496 e. The van der Waals surface area contributed by atoms with Crippen molar-refractivity contribution in [2.45, 2.75) is 70.1 Å². The second-order valence-corrected chi connectivity index (χ2v) is 17.8. The summed E-state index contributed by atoms with van der Waals surface area (Å²) in [5, 5.41) is 0. The van der Waals surface area contributed by atoms with Gasteiger partial charge in [0.25, 0.3) is 0 Å². The molecule has 3 aromatic rings. The van der Waals surface area contributed by atoms with E-state index in [9.17, 15) is 0 Å². The molecular weight excluding hydrogens is 647 g/mol. The van der Waals surface area contributed by atoms with Gasteiger partial charge < -0.3 is 4.90 Å². The quantitative estimate of drug-likeness (QED) is 0.250. The summed E-state index contributed by atoms with van der Waals surface area (Å²) >= 11 is 2.06. The van der Waals surface area contributed by atoms with Crippen molar-refractivity contribution in [2.24, 2.45) is 23.2 Å². The molecular formula is C50H47NS. The Bertz CT molecular complexity index is 2290. The van der Waals surface area contributed by atoms with Gasteiger partial charge in [0.1, 0.15) is 0 Å². The van der Waals surface area contributed by atoms with Gasteiger partial charge in [-0.2, -0.15) is 0 Å². The van der Waals surface area contributed by atoms with Gasteiger partial charge >= 0.3 is 0 Å². The molecule has 1 aliphatic heterocycles. The van der Waals surface area contributed by atoms with Crippen molar-refractivity contribution in [3.63, 3.8) is 0 Å². The highest BCUT2D eigenvalue weighted by molar-refractivity contribution is 8.03. The van der Waals surface area contributed by atoms with Gasteiger partial charge in [0.2, 0.25) is 0 Å². The van der Waals surface area contributed by atoms with Crippen LogP contribution in [0.25, 0.3) is 11.1 Å². The third-order valence-corrected chi connectivity index (χ3v) is 14.5. The molecule has 0 amide bonds. The summed E-state index contributed by atoms with van der Waals surface area (Å²) < 4.78 is 0. The standard InChI is InChI=1S/C50H47NS/c1-49(2)41-20-12-13-21-46(41)52-48-43(49)29-28-42-47(48)40-27-26-36(31-44(40)50(42,3)4)51(35-24-22-33(23-25-35)32-14-6-5-7-15-32)45-30-34-16-8-9-17-37(34)38-18-10-11-19-39(38)45/h5-7,9-15,17-25,28,30-31,37-38,43H,8,16,26-27,29H2,1-4H3. The van der Waals surface area contributed by atoms with Crippen LogP contribution in [0.3, 0.4) is 0 Å². The van der Waals surface area contributed by atoms with Crippen LogP contribution in [0.5, 0.6) is 0 Å². The molecule has 0 saturated heterocycles. The first-order chi connectivity index (χ1) is 25.3. The van der Waals surface area contributed by atoms with Gasteiger partial charge in [0.05, 0.1) is 0 Å². The van der Waals surface area contributed by atoms with Crippen LogP contribution in [0.2, 0.25) is 0 Å². The summed E-state index contributed by atoms with van der Waals surface area (Å²) in [6, 6.07) is 29.3. The first-order valence-corrected chi connectivity index (χ1v) is 20.2. The molecule has 1 heterocycles. The van der Waals surface area contributed by atoms with E-state index in [1.165, 1.54) is 49.8 Å². The van der Waals surface area contributed by atoms with E-state index in [1.54, 1.807) is 27.2 Å².